The zero-order valence-electron chi connectivity index (χ0n) is 13.0. The molecule has 2 aromatic heterocycles. The number of nitrogens with one attached hydrogen (secondary N) is 1. The van der Waals surface area contributed by atoms with Crippen molar-refractivity contribution in [1.29, 1.82) is 0 Å². The summed E-state index contributed by atoms with van der Waals surface area (Å²) in [6.07, 6.45) is 1.62. The molecule has 23 heavy (non-hydrogen) atoms. The summed E-state index contributed by atoms with van der Waals surface area (Å²) < 4.78 is 7.20. The van der Waals surface area contributed by atoms with Crippen LogP contribution in [0.4, 0.5) is 0 Å². The third-order valence-electron chi connectivity index (χ3n) is 4.28. The summed E-state index contributed by atoms with van der Waals surface area (Å²) in [6, 6.07) is 9.65. The largest absolute Gasteiger partial charge is 0.381 e. The minimum atomic E-state index is -0.145. The van der Waals surface area contributed by atoms with Gasteiger partial charge in [0.25, 0.3) is 5.56 Å². The van der Waals surface area contributed by atoms with E-state index in [-0.39, 0.29) is 11.5 Å². The second-order valence-corrected chi connectivity index (χ2v) is 5.76. The molecule has 0 spiro atoms. The predicted molar refractivity (Wildman–Crippen MR) is 86.6 cm³/mol. The molecule has 1 aromatic carbocycles. The van der Waals surface area contributed by atoms with E-state index in [9.17, 15) is 4.79 Å². The van der Waals surface area contributed by atoms with E-state index < -0.39 is 0 Å². The lowest BCUT2D eigenvalue weighted by molar-refractivity contribution is 0.193. The van der Waals surface area contributed by atoms with Gasteiger partial charge in [-0.1, -0.05) is 37.3 Å². The van der Waals surface area contributed by atoms with Crippen LogP contribution in [0.15, 0.2) is 35.1 Å². The van der Waals surface area contributed by atoms with Crippen LogP contribution < -0.4 is 5.56 Å². The number of fused-ring (bicyclic) bond motifs is 1. The first-order valence-corrected chi connectivity index (χ1v) is 7.93. The van der Waals surface area contributed by atoms with E-state index in [1.54, 1.807) is 4.52 Å². The van der Waals surface area contributed by atoms with E-state index >= 15 is 0 Å². The Balaban J connectivity index is 1.96. The van der Waals surface area contributed by atoms with E-state index in [0.29, 0.717) is 24.4 Å². The molecule has 1 aliphatic heterocycles. The van der Waals surface area contributed by atoms with Crippen molar-refractivity contribution < 1.29 is 4.74 Å². The number of benzene rings is 1. The molecule has 6 nitrogen and oxygen atoms in total. The van der Waals surface area contributed by atoms with Gasteiger partial charge in [-0.2, -0.15) is 0 Å². The first-order chi connectivity index (χ1) is 11.3. The van der Waals surface area contributed by atoms with E-state index in [2.05, 4.69) is 15.1 Å². The van der Waals surface area contributed by atoms with Gasteiger partial charge >= 0.3 is 0 Å². The van der Waals surface area contributed by atoms with Crippen molar-refractivity contribution in [2.45, 2.75) is 25.7 Å². The lowest BCUT2D eigenvalue weighted by atomic mass is 10.1. The Hall–Kier alpha value is -2.47. The number of aryl methyl sites for hydroxylation is 1. The summed E-state index contributed by atoms with van der Waals surface area (Å²) in [7, 11) is 0. The maximum atomic E-state index is 12.6. The minimum absolute atomic E-state index is 0.145. The van der Waals surface area contributed by atoms with Gasteiger partial charge in [0.1, 0.15) is 5.82 Å². The molecule has 0 bridgehead atoms. The molecule has 1 saturated heterocycles. The van der Waals surface area contributed by atoms with Crippen molar-refractivity contribution in [3.8, 4) is 11.4 Å². The third kappa shape index (κ3) is 2.35. The Bertz CT molecular complexity index is 892. The number of aromatic nitrogens is 4. The zero-order valence-corrected chi connectivity index (χ0v) is 13.0. The van der Waals surface area contributed by atoms with Gasteiger partial charge < -0.3 is 9.72 Å². The molecule has 0 amide bonds. The number of hydrogen-bond acceptors (Lipinski definition) is 4. The van der Waals surface area contributed by atoms with Crippen molar-refractivity contribution in [3.63, 3.8) is 0 Å². The Labute approximate surface area is 133 Å². The van der Waals surface area contributed by atoms with Crippen LogP contribution in [0, 0.1) is 0 Å². The second kappa shape index (κ2) is 5.62. The molecule has 3 aromatic rings. The molecular weight excluding hydrogens is 292 g/mol. The molecular formula is C17H18N4O2. The molecule has 1 fully saturated rings. The standard InChI is InChI=1S/C17H18N4O2/c1-2-13-14-17(22)19-15(11-6-4-3-5-7-11)20-21(14)16(18-13)12-8-9-23-10-12/h3-7,12H,2,8-10H2,1H3,(H,19,20,22). The summed E-state index contributed by atoms with van der Waals surface area (Å²) in [6.45, 7) is 3.37. The van der Waals surface area contributed by atoms with Gasteiger partial charge in [0, 0.05) is 18.1 Å². The number of hydrogen-bond donors (Lipinski definition) is 1. The van der Waals surface area contributed by atoms with Gasteiger partial charge in [0.05, 0.1) is 12.3 Å². The van der Waals surface area contributed by atoms with Gasteiger partial charge in [-0.3, -0.25) is 4.79 Å². The summed E-state index contributed by atoms with van der Waals surface area (Å²) in [5, 5.41) is 4.66. The molecule has 0 radical (unpaired) electrons. The van der Waals surface area contributed by atoms with E-state index in [1.807, 2.05) is 37.3 Å². The second-order valence-electron chi connectivity index (χ2n) is 5.76. The topological polar surface area (TPSA) is 72.3 Å². The summed E-state index contributed by atoms with van der Waals surface area (Å²) in [5.41, 5.74) is 2.08. The van der Waals surface area contributed by atoms with Gasteiger partial charge in [-0.15, -0.1) is 5.10 Å². The third-order valence-corrected chi connectivity index (χ3v) is 4.28. The number of H-pyrrole nitrogens is 1. The summed E-state index contributed by atoms with van der Waals surface area (Å²) in [4.78, 5) is 20.2. The molecule has 118 valence electrons. The molecule has 6 heteroatoms. The zero-order chi connectivity index (χ0) is 15.8. The highest BCUT2D eigenvalue weighted by Crippen LogP contribution is 2.26. The molecule has 0 saturated carbocycles. The maximum absolute atomic E-state index is 12.6. The Morgan fingerprint density at radius 2 is 2.17 bits per heavy atom. The fourth-order valence-electron chi connectivity index (χ4n) is 3.07. The smallest absolute Gasteiger partial charge is 0.277 e. The highest BCUT2D eigenvalue weighted by molar-refractivity contribution is 5.58. The number of rotatable bonds is 3. The molecule has 1 aliphatic rings. The molecule has 4 rings (SSSR count). The van der Waals surface area contributed by atoms with Crippen LogP contribution in [0.1, 0.15) is 30.8 Å². The molecule has 0 aliphatic carbocycles. The van der Waals surface area contributed by atoms with Crippen molar-refractivity contribution in [2.75, 3.05) is 13.2 Å². The van der Waals surface area contributed by atoms with Crippen LogP contribution in [-0.4, -0.2) is 32.8 Å². The number of aromatic amines is 1. The Morgan fingerprint density at radius 1 is 1.35 bits per heavy atom. The van der Waals surface area contributed by atoms with Gasteiger partial charge in [0.2, 0.25) is 0 Å². The first-order valence-electron chi connectivity index (χ1n) is 7.93. The van der Waals surface area contributed by atoms with E-state index in [0.717, 1.165) is 30.1 Å². The first kappa shape index (κ1) is 14.1. The van der Waals surface area contributed by atoms with Gasteiger partial charge in [0.15, 0.2) is 11.3 Å². The lowest BCUT2D eigenvalue weighted by Gasteiger charge is -2.07. The van der Waals surface area contributed by atoms with Gasteiger partial charge in [-0.05, 0) is 12.8 Å². The van der Waals surface area contributed by atoms with Crippen molar-refractivity contribution in [3.05, 3.63) is 52.2 Å². The van der Waals surface area contributed by atoms with Crippen molar-refractivity contribution >= 4 is 5.52 Å². The average molecular weight is 310 g/mol. The highest BCUT2D eigenvalue weighted by atomic mass is 16.5. The van der Waals surface area contributed by atoms with E-state index in [4.69, 9.17) is 4.74 Å². The van der Waals surface area contributed by atoms with Crippen LogP contribution >= 0.6 is 0 Å². The predicted octanol–water partition coefficient (Wildman–Crippen LogP) is 2.15. The van der Waals surface area contributed by atoms with Gasteiger partial charge in [-0.25, -0.2) is 9.50 Å². The molecule has 1 N–H and O–H groups in total. The molecule has 1 atom stereocenters. The summed E-state index contributed by atoms with van der Waals surface area (Å²) >= 11 is 0. The van der Waals surface area contributed by atoms with Crippen LogP contribution in [0.25, 0.3) is 16.9 Å². The maximum Gasteiger partial charge on any atom is 0.277 e. The normalized spacial score (nSPS) is 17.9. The van der Waals surface area contributed by atoms with Crippen LogP contribution in [0.5, 0.6) is 0 Å². The number of ether oxygens (including phenoxy) is 1. The fraction of sp³-hybridized carbons (Fsp3) is 0.353. The van der Waals surface area contributed by atoms with E-state index in [1.165, 1.54) is 0 Å². The molecule has 1 unspecified atom stereocenters. The Kier molecular flexibility index (Phi) is 3.46. The van der Waals surface area contributed by atoms with Crippen LogP contribution in [0.3, 0.4) is 0 Å². The summed E-state index contributed by atoms with van der Waals surface area (Å²) in [5.74, 6) is 1.58. The van der Waals surface area contributed by atoms with Crippen molar-refractivity contribution in [2.24, 2.45) is 0 Å². The average Bonchev–Trinajstić information content (AvgIpc) is 3.22. The number of nitrogens with zero attached hydrogens (tertiary/aromatic N) is 3. The van der Waals surface area contributed by atoms with Crippen LogP contribution in [-0.2, 0) is 11.2 Å². The SMILES string of the molecule is CCc1nc(C2CCOC2)n2nc(-c3ccccc3)[nH]c(=O)c12. The lowest BCUT2D eigenvalue weighted by Crippen LogP contribution is -2.16. The quantitative estimate of drug-likeness (QED) is 0.804. The van der Waals surface area contributed by atoms with Crippen molar-refractivity contribution in [1.82, 2.24) is 19.6 Å². The number of imidazole rings is 1. The molecule has 3 heterocycles. The highest BCUT2D eigenvalue weighted by Gasteiger charge is 2.26. The van der Waals surface area contributed by atoms with Crippen LogP contribution in [0.2, 0.25) is 0 Å². The Morgan fingerprint density at radius 3 is 2.87 bits per heavy atom. The fourth-order valence-corrected chi connectivity index (χ4v) is 3.07. The monoisotopic (exact) mass is 310 g/mol. The minimum Gasteiger partial charge on any atom is -0.381 e.